The van der Waals surface area contributed by atoms with Gasteiger partial charge in [0.2, 0.25) is 0 Å². The number of carboxylic acids is 1. The maximum absolute atomic E-state index is 12.0. The van der Waals surface area contributed by atoms with Crippen LogP contribution >= 0.6 is 0 Å². The maximum atomic E-state index is 12.0. The Morgan fingerprint density at radius 2 is 2.15 bits per heavy atom. The first-order valence-corrected chi connectivity index (χ1v) is 6.44. The third kappa shape index (κ3) is 3.40. The van der Waals surface area contributed by atoms with Gasteiger partial charge in [-0.25, -0.2) is 9.59 Å². The van der Waals surface area contributed by atoms with Crippen LogP contribution in [0.3, 0.4) is 0 Å². The van der Waals surface area contributed by atoms with E-state index in [1.165, 1.54) is 25.3 Å². The molecule has 0 spiro atoms. The second-order valence-electron chi connectivity index (χ2n) is 4.97. The molecule has 2 rings (SSSR count). The number of carbonyl (C=O) groups excluding carboxylic acids is 1. The van der Waals surface area contributed by atoms with E-state index in [1.54, 1.807) is 11.9 Å². The van der Waals surface area contributed by atoms with Gasteiger partial charge in [0.15, 0.2) is 0 Å². The summed E-state index contributed by atoms with van der Waals surface area (Å²) in [5, 5.41) is 11.7. The van der Waals surface area contributed by atoms with Crippen LogP contribution in [0.4, 0.5) is 10.5 Å². The van der Waals surface area contributed by atoms with E-state index in [0.717, 1.165) is 12.8 Å². The van der Waals surface area contributed by atoms with Gasteiger partial charge in [-0.1, -0.05) is 0 Å². The van der Waals surface area contributed by atoms with E-state index >= 15 is 0 Å². The number of rotatable bonds is 5. The number of hydrogen-bond acceptors (Lipinski definition) is 3. The number of benzene rings is 1. The van der Waals surface area contributed by atoms with Gasteiger partial charge >= 0.3 is 12.0 Å². The third-order valence-corrected chi connectivity index (χ3v) is 3.26. The first-order chi connectivity index (χ1) is 9.51. The third-order valence-electron chi connectivity index (χ3n) is 3.26. The predicted molar refractivity (Wildman–Crippen MR) is 74.3 cm³/mol. The Labute approximate surface area is 117 Å². The molecule has 1 aliphatic rings. The number of urea groups is 1. The van der Waals surface area contributed by atoms with E-state index in [-0.39, 0.29) is 11.6 Å². The molecule has 1 fully saturated rings. The van der Waals surface area contributed by atoms with E-state index in [2.05, 4.69) is 5.32 Å². The fourth-order valence-electron chi connectivity index (χ4n) is 1.92. The highest BCUT2D eigenvalue weighted by Gasteiger charge is 2.25. The van der Waals surface area contributed by atoms with Gasteiger partial charge in [-0.15, -0.1) is 0 Å². The highest BCUT2D eigenvalue weighted by molar-refractivity contribution is 5.94. The number of carbonyl (C=O) groups is 2. The van der Waals surface area contributed by atoms with Crippen LogP contribution in [0.5, 0.6) is 5.75 Å². The van der Waals surface area contributed by atoms with Gasteiger partial charge in [-0.05, 0) is 37.0 Å². The van der Waals surface area contributed by atoms with Gasteiger partial charge < -0.3 is 20.1 Å². The monoisotopic (exact) mass is 278 g/mol. The smallest absolute Gasteiger partial charge is 0.335 e. The van der Waals surface area contributed by atoms with E-state index < -0.39 is 5.97 Å². The quantitative estimate of drug-likeness (QED) is 0.866. The summed E-state index contributed by atoms with van der Waals surface area (Å²) in [6.45, 7) is 0.715. The molecule has 20 heavy (non-hydrogen) atoms. The van der Waals surface area contributed by atoms with Crippen molar-refractivity contribution in [3.63, 3.8) is 0 Å². The fourth-order valence-corrected chi connectivity index (χ4v) is 1.92. The molecule has 0 bridgehead atoms. The highest BCUT2D eigenvalue weighted by atomic mass is 16.5. The van der Waals surface area contributed by atoms with Gasteiger partial charge in [0.05, 0.1) is 18.4 Å². The number of aromatic carboxylic acids is 1. The molecule has 108 valence electrons. The van der Waals surface area contributed by atoms with Crippen LogP contribution in [0.1, 0.15) is 23.2 Å². The van der Waals surface area contributed by atoms with Crippen molar-refractivity contribution in [2.24, 2.45) is 5.92 Å². The zero-order chi connectivity index (χ0) is 14.7. The molecular weight excluding hydrogens is 260 g/mol. The minimum absolute atomic E-state index is 0.103. The SMILES string of the molecule is COc1ccc(C(=O)O)cc1NC(=O)N(C)CC1CC1. The van der Waals surface area contributed by atoms with Crippen molar-refractivity contribution in [1.29, 1.82) is 0 Å². The van der Waals surface area contributed by atoms with Gasteiger partial charge in [0.1, 0.15) is 5.75 Å². The number of nitrogens with zero attached hydrogens (tertiary/aromatic N) is 1. The average molecular weight is 278 g/mol. The standard InChI is InChI=1S/C14H18N2O4/c1-16(8-9-3-4-9)14(19)15-11-7-10(13(17)18)5-6-12(11)20-2/h5-7,9H,3-4,8H2,1-2H3,(H,15,19)(H,17,18). The fraction of sp³-hybridized carbons (Fsp3) is 0.429. The number of ether oxygens (including phenoxy) is 1. The molecule has 0 saturated heterocycles. The summed E-state index contributed by atoms with van der Waals surface area (Å²) in [6.07, 6.45) is 2.32. The summed E-state index contributed by atoms with van der Waals surface area (Å²) in [5.41, 5.74) is 0.464. The normalized spacial score (nSPS) is 13.7. The van der Waals surface area contributed by atoms with Gasteiger partial charge in [-0.2, -0.15) is 0 Å². The van der Waals surface area contributed by atoms with Crippen LogP contribution in [0.15, 0.2) is 18.2 Å². The first-order valence-electron chi connectivity index (χ1n) is 6.44. The number of methoxy groups -OCH3 is 1. The molecule has 6 nitrogen and oxygen atoms in total. The van der Waals surface area contributed by atoms with Crippen LogP contribution < -0.4 is 10.1 Å². The molecule has 0 heterocycles. The molecule has 1 aliphatic carbocycles. The first kappa shape index (κ1) is 14.2. The molecule has 0 atom stereocenters. The molecule has 2 N–H and O–H groups in total. The summed E-state index contributed by atoms with van der Waals surface area (Å²) in [6, 6.07) is 4.09. The Balaban J connectivity index is 2.11. The Morgan fingerprint density at radius 1 is 1.45 bits per heavy atom. The molecule has 0 unspecified atom stereocenters. The van der Waals surface area contributed by atoms with Gasteiger partial charge in [0.25, 0.3) is 0 Å². The maximum Gasteiger partial charge on any atom is 0.335 e. The lowest BCUT2D eigenvalue weighted by molar-refractivity contribution is 0.0697. The summed E-state index contributed by atoms with van der Waals surface area (Å²) >= 11 is 0. The molecule has 1 aromatic carbocycles. The van der Waals surface area contributed by atoms with Crippen molar-refractivity contribution in [3.8, 4) is 5.75 Å². The lowest BCUT2D eigenvalue weighted by atomic mass is 10.2. The minimum atomic E-state index is -1.05. The Hall–Kier alpha value is -2.24. The largest absolute Gasteiger partial charge is 0.495 e. The van der Waals surface area contributed by atoms with Crippen LogP contribution in [0.25, 0.3) is 0 Å². The molecule has 1 aromatic rings. The average Bonchev–Trinajstić information content (AvgIpc) is 3.22. The summed E-state index contributed by atoms with van der Waals surface area (Å²) in [4.78, 5) is 24.6. The van der Waals surface area contributed by atoms with Gasteiger partial charge in [0, 0.05) is 13.6 Å². The topological polar surface area (TPSA) is 78.9 Å². The molecule has 1 saturated carbocycles. The van der Waals surface area contributed by atoms with Crippen molar-refractivity contribution in [1.82, 2.24) is 4.90 Å². The van der Waals surface area contributed by atoms with Gasteiger partial charge in [-0.3, -0.25) is 0 Å². The van der Waals surface area contributed by atoms with E-state index in [1.807, 2.05) is 0 Å². The lowest BCUT2D eigenvalue weighted by Crippen LogP contribution is -2.33. The van der Waals surface area contributed by atoms with Crippen LogP contribution in [0.2, 0.25) is 0 Å². The number of carboxylic acid groups (broad SMARTS) is 1. The Bertz CT molecular complexity index is 526. The zero-order valence-electron chi connectivity index (χ0n) is 11.5. The second-order valence-corrected chi connectivity index (χ2v) is 4.97. The Kier molecular flexibility index (Phi) is 4.12. The predicted octanol–water partition coefficient (Wildman–Crippen LogP) is 2.27. The summed E-state index contributed by atoms with van der Waals surface area (Å²) in [5.74, 6) is -0.0179. The number of anilines is 1. The minimum Gasteiger partial charge on any atom is -0.495 e. The van der Waals surface area contributed by atoms with Crippen molar-refractivity contribution < 1.29 is 19.4 Å². The molecule has 0 radical (unpaired) electrons. The number of nitrogens with one attached hydrogen (secondary N) is 1. The van der Waals surface area contributed by atoms with E-state index in [4.69, 9.17) is 9.84 Å². The molecule has 0 aliphatic heterocycles. The number of hydrogen-bond donors (Lipinski definition) is 2. The summed E-state index contributed by atoms with van der Waals surface area (Å²) in [7, 11) is 3.19. The highest BCUT2D eigenvalue weighted by Crippen LogP contribution is 2.30. The van der Waals surface area contributed by atoms with E-state index in [0.29, 0.717) is 23.9 Å². The lowest BCUT2D eigenvalue weighted by Gasteiger charge is -2.19. The zero-order valence-corrected chi connectivity index (χ0v) is 11.5. The van der Waals surface area contributed by atoms with Crippen molar-refractivity contribution in [2.75, 3.05) is 26.0 Å². The Morgan fingerprint density at radius 3 is 2.70 bits per heavy atom. The molecule has 6 heteroatoms. The van der Waals surface area contributed by atoms with Crippen molar-refractivity contribution >= 4 is 17.7 Å². The van der Waals surface area contributed by atoms with Crippen LogP contribution in [-0.2, 0) is 0 Å². The van der Waals surface area contributed by atoms with Crippen LogP contribution in [-0.4, -0.2) is 42.7 Å². The molecule has 0 aromatic heterocycles. The van der Waals surface area contributed by atoms with Crippen molar-refractivity contribution in [3.05, 3.63) is 23.8 Å². The van der Waals surface area contributed by atoms with Crippen LogP contribution in [0, 0.1) is 5.92 Å². The molecule has 2 amide bonds. The summed E-state index contributed by atoms with van der Waals surface area (Å²) < 4.78 is 5.13. The van der Waals surface area contributed by atoms with Crippen molar-refractivity contribution in [2.45, 2.75) is 12.8 Å². The number of amides is 2. The molecular formula is C14H18N2O4. The van der Waals surface area contributed by atoms with E-state index in [9.17, 15) is 9.59 Å². The second kappa shape index (κ2) is 5.81.